The molecular weight excluding hydrogens is 376 g/mol. The number of nitrogens with one attached hydrogen (secondary N) is 1. The van der Waals surface area contributed by atoms with Crippen LogP contribution in [-0.2, 0) is 10.3 Å². The monoisotopic (exact) mass is 398 g/mol. The molecule has 0 spiro atoms. The Morgan fingerprint density at radius 1 is 1.03 bits per heavy atom. The highest BCUT2D eigenvalue weighted by molar-refractivity contribution is 5.87. The maximum Gasteiger partial charge on any atom is 0.254 e. The van der Waals surface area contributed by atoms with Gasteiger partial charge in [0.1, 0.15) is 0 Å². The summed E-state index contributed by atoms with van der Waals surface area (Å²) in [5.41, 5.74) is 11.2. The number of anilines is 1. The van der Waals surface area contributed by atoms with Gasteiger partial charge in [-0.05, 0) is 30.4 Å². The fourth-order valence-corrected chi connectivity index (χ4v) is 3.89. The first-order valence-corrected chi connectivity index (χ1v) is 10.0. The van der Waals surface area contributed by atoms with Gasteiger partial charge in [-0.2, -0.15) is 4.98 Å². The SMILES string of the molecule is CC(=O)Nc1nc2nc(-c3ccc(C4(N)CCC4)cc3)c(-c3ccccc3)cn2n1. The van der Waals surface area contributed by atoms with E-state index in [1.807, 2.05) is 36.5 Å². The van der Waals surface area contributed by atoms with Crippen LogP contribution in [0.4, 0.5) is 5.95 Å². The molecule has 1 fully saturated rings. The van der Waals surface area contributed by atoms with Gasteiger partial charge in [-0.1, -0.05) is 54.6 Å². The number of carbonyl (C=O) groups is 1. The van der Waals surface area contributed by atoms with Gasteiger partial charge < -0.3 is 5.73 Å². The minimum Gasteiger partial charge on any atom is -0.321 e. The molecule has 1 amide bonds. The van der Waals surface area contributed by atoms with Crippen LogP contribution in [0.15, 0.2) is 60.8 Å². The molecule has 1 aliphatic carbocycles. The van der Waals surface area contributed by atoms with Gasteiger partial charge in [0.05, 0.1) is 5.69 Å². The summed E-state index contributed by atoms with van der Waals surface area (Å²) in [5.74, 6) is 0.431. The number of hydrogen-bond acceptors (Lipinski definition) is 5. The molecule has 0 atom stereocenters. The van der Waals surface area contributed by atoms with E-state index in [0.717, 1.165) is 40.8 Å². The van der Waals surface area contributed by atoms with Gasteiger partial charge in [0.25, 0.3) is 11.7 Å². The zero-order valence-corrected chi connectivity index (χ0v) is 16.7. The van der Waals surface area contributed by atoms with E-state index in [1.54, 1.807) is 4.52 Å². The predicted octanol–water partition coefficient (Wildman–Crippen LogP) is 3.75. The molecule has 1 saturated carbocycles. The average Bonchev–Trinajstić information content (AvgIpc) is 3.12. The molecule has 0 bridgehead atoms. The molecule has 30 heavy (non-hydrogen) atoms. The largest absolute Gasteiger partial charge is 0.321 e. The lowest BCUT2D eigenvalue weighted by Gasteiger charge is -2.38. The van der Waals surface area contributed by atoms with E-state index < -0.39 is 0 Å². The van der Waals surface area contributed by atoms with Crippen LogP contribution in [0.1, 0.15) is 31.7 Å². The average molecular weight is 398 g/mol. The first-order chi connectivity index (χ1) is 14.5. The molecule has 4 aromatic rings. The second kappa shape index (κ2) is 7.03. The van der Waals surface area contributed by atoms with E-state index in [1.165, 1.54) is 13.3 Å². The van der Waals surface area contributed by atoms with Crippen LogP contribution in [-0.4, -0.2) is 25.5 Å². The Bertz CT molecular complexity index is 1230. The van der Waals surface area contributed by atoms with Crippen molar-refractivity contribution in [3.63, 3.8) is 0 Å². The lowest BCUT2D eigenvalue weighted by Crippen LogP contribution is -2.43. The van der Waals surface area contributed by atoms with E-state index in [4.69, 9.17) is 10.7 Å². The van der Waals surface area contributed by atoms with E-state index in [9.17, 15) is 4.79 Å². The third-order valence-electron chi connectivity index (χ3n) is 5.68. The summed E-state index contributed by atoms with van der Waals surface area (Å²) in [6.07, 6.45) is 5.13. The Kier molecular flexibility index (Phi) is 4.33. The smallest absolute Gasteiger partial charge is 0.254 e. The zero-order valence-electron chi connectivity index (χ0n) is 16.7. The van der Waals surface area contributed by atoms with Crippen LogP contribution < -0.4 is 11.1 Å². The fraction of sp³-hybridized carbons (Fsp3) is 0.217. The number of nitrogens with two attached hydrogens (primary N) is 1. The number of amides is 1. The van der Waals surface area contributed by atoms with E-state index in [2.05, 4.69) is 39.7 Å². The van der Waals surface area contributed by atoms with Gasteiger partial charge in [0, 0.05) is 29.8 Å². The number of rotatable bonds is 4. The quantitative estimate of drug-likeness (QED) is 0.545. The van der Waals surface area contributed by atoms with Crippen molar-refractivity contribution in [3.05, 3.63) is 66.4 Å². The van der Waals surface area contributed by atoms with Gasteiger partial charge >= 0.3 is 0 Å². The predicted molar refractivity (Wildman–Crippen MR) is 116 cm³/mol. The molecule has 7 heteroatoms. The van der Waals surface area contributed by atoms with Crippen LogP contribution in [0.25, 0.3) is 28.2 Å². The molecule has 2 aromatic heterocycles. The molecule has 0 radical (unpaired) electrons. The second-order valence-corrected chi connectivity index (χ2v) is 7.82. The van der Waals surface area contributed by atoms with Crippen LogP contribution in [0.5, 0.6) is 0 Å². The molecule has 0 aliphatic heterocycles. The van der Waals surface area contributed by atoms with Gasteiger partial charge in [-0.25, -0.2) is 9.50 Å². The Morgan fingerprint density at radius 2 is 1.77 bits per heavy atom. The number of nitrogens with zero attached hydrogens (tertiary/aromatic N) is 4. The van der Waals surface area contributed by atoms with Crippen molar-refractivity contribution in [1.82, 2.24) is 19.6 Å². The summed E-state index contributed by atoms with van der Waals surface area (Å²) < 4.78 is 1.59. The van der Waals surface area contributed by atoms with Gasteiger partial charge in [-0.3, -0.25) is 10.1 Å². The van der Waals surface area contributed by atoms with Crippen molar-refractivity contribution in [2.24, 2.45) is 5.73 Å². The van der Waals surface area contributed by atoms with Crippen molar-refractivity contribution < 1.29 is 4.79 Å². The number of fused-ring (bicyclic) bond motifs is 1. The first kappa shape index (κ1) is 18.4. The minimum absolute atomic E-state index is 0.196. The Balaban J connectivity index is 1.64. The van der Waals surface area contributed by atoms with Crippen molar-refractivity contribution in [3.8, 4) is 22.4 Å². The van der Waals surface area contributed by atoms with Crippen molar-refractivity contribution in [1.29, 1.82) is 0 Å². The fourth-order valence-electron chi connectivity index (χ4n) is 3.89. The summed E-state index contributed by atoms with van der Waals surface area (Å²) >= 11 is 0. The molecular formula is C23H22N6O. The third-order valence-corrected chi connectivity index (χ3v) is 5.68. The van der Waals surface area contributed by atoms with Crippen LogP contribution >= 0.6 is 0 Å². The van der Waals surface area contributed by atoms with Gasteiger partial charge in [-0.15, -0.1) is 5.10 Å². The molecule has 0 saturated heterocycles. The molecule has 7 nitrogen and oxygen atoms in total. The maximum atomic E-state index is 11.4. The van der Waals surface area contributed by atoms with E-state index >= 15 is 0 Å². The highest BCUT2D eigenvalue weighted by Crippen LogP contribution is 2.39. The number of hydrogen-bond donors (Lipinski definition) is 2. The molecule has 2 heterocycles. The highest BCUT2D eigenvalue weighted by atomic mass is 16.1. The molecule has 3 N–H and O–H groups in total. The number of carbonyl (C=O) groups excluding carboxylic acids is 1. The highest BCUT2D eigenvalue weighted by Gasteiger charge is 2.34. The number of benzene rings is 2. The summed E-state index contributed by atoms with van der Waals surface area (Å²) in [6.45, 7) is 1.42. The Labute approximate surface area is 174 Å². The summed E-state index contributed by atoms with van der Waals surface area (Å²) in [5, 5.41) is 6.95. The summed E-state index contributed by atoms with van der Waals surface area (Å²) in [4.78, 5) is 20.5. The standard InChI is InChI=1S/C23H22N6O/c1-15(30)25-21-27-22-26-20(17-8-10-18(11-9-17)23(24)12-5-13-23)19(14-29(22)28-21)16-6-3-2-4-7-16/h2-4,6-11,14H,5,12-13,24H2,1H3,(H,25,28,30). The van der Waals surface area contributed by atoms with Gasteiger partial charge in [0.2, 0.25) is 5.91 Å². The third kappa shape index (κ3) is 3.23. The van der Waals surface area contributed by atoms with E-state index in [-0.39, 0.29) is 17.4 Å². The van der Waals surface area contributed by atoms with Crippen LogP contribution in [0.3, 0.4) is 0 Å². The summed E-state index contributed by atoms with van der Waals surface area (Å²) in [6, 6.07) is 18.4. The van der Waals surface area contributed by atoms with Gasteiger partial charge in [0.15, 0.2) is 0 Å². The second-order valence-electron chi connectivity index (χ2n) is 7.82. The topological polar surface area (TPSA) is 98.2 Å². The minimum atomic E-state index is -0.225. The molecule has 150 valence electrons. The van der Waals surface area contributed by atoms with Crippen LogP contribution in [0.2, 0.25) is 0 Å². The molecule has 0 unspecified atom stereocenters. The number of aromatic nitrogens is 4. The lowest BCUT2D eigenvalue weighted by molar-refractivity contribution is -0.114. The van der Waals surface area contributed by atoms with Crippen LogP contribution in [0, 0.1) is 0 Å². The normalized spacial score (nSPS) is 15.0. The zero-order chi connectivity index (χ0) is 20.7. The van der Waals surface area contributed by atoms with E-state index in [0.29, 0.717) is 5.78 Å². The molecule has 2 aromatic carbocycles. The molecule has 5 rings (SSSR count). The van der Waals surface area contributed by atoms with Crippen molar-refractivity contribution in [2.75, 3.05) is 5.32 Å². The lowest BCUT2D eigenvalue weighted by atomic mass is 9.72. The summed E-state index contributed by atoms with van der Waals surface area (Å²) in [7, 11) is 0. The first-order valence-electron chi connectivity index (χ1n) is 10.0. The molecule has 1 aliphatic rings. The maximum absolute atomic E-state index is 11.4. The van der Waals surface area contributed by atoms with Crippen molar-refractivity contribution in [2.45, 2.75) is 31.7 Å². The Hall–Kier alpha value is -3.58. The Morgan fingerprint density at radius 3 is 2.40 bits per heavy atom. The van der Waals surface area contributed by atoms with Crippen molar-refractivity contribution >= 4 is 17.6 Å².